The lowest BCUT2D eigenvalue weighted by molar-refractivity contribution is 0.589. The van der Waals surface area contributed by atoms with Crippen LogP contribution in [0.1, 0.15) is 0 Å². The molecule has 1 saturated heterocycles. The van der Waals surface area contributed by atoms with Gasteiger partial charge >= 0.3 is 10.2 Å². The molecule has 1 unspecified atom stereocenters. The summed E-state index contributed by atoms with van der Waals surface area (Å²) < 4.78 is 20.8. The van der Waals surface area contributed by atoms with Crippen LogP contribution in [-0.2, 0) is 10.2 Å². The van der Waals surface area contributed by atoms with Gasteiger partial charge < -0.3 is 0 Å². The first kappa shape index (κ1) is 4.04. The summed E-state index contributed by atoms with van der Waals surface area (Å²) in [4.78, 5) is 2.08. The Morgan fingerprint density at radius 1 is 1.67 bits per heavy atom. The van der Waals surface area contributed by atoms with Crippen LogP contribution in [0.5, 0.6) is 0 Å². The fourth-order valence-corrected chi connectivity index (χ4v) is 0.620. The molecule has 0 aromatic rings. The van der Waals surface area contributed by atoms with Crippen LogP contribution in [0, 0.1) is 0 Å². The lowest BCUT2D eigenvalue weighted by atomic mass is 11.5. The van der Waals surface area contributed by atoms with Crippen molar-refractivity contribution in [1.29, 1.82) is 0 Å². The molecule has 1 aliphatic heterocycles. The van der Waals surface area contributed by atoms with Crippen molar-refractivity contribution in [3.63, 3.8) is 0 Å². The van der Waals surface area contributed by atoms with Crippen LogP contribution in [0.3, 0.4) is 0 Å². The van der Waals surface area contributed by atoms with Gasteiger partial charge in [-0.15, -0.1) is 9.25 Å². The molecule has 1 fully saturated rings. The summed E-state index contributed by atoms with van der Waals surface area (Å²) in [5, 5.41) is 0. The molecule has 0 aliphatic carbocycles. The summed E-state index contributed by atoms with van der Waals surface area (Å²) >= 11 is 0. The van der Waals surface area contributed by atoms with E-state index in [0.717, 1.165) is 4.41 Å². The Kier molecular flexibility index (Phi) is 0.504. The number of hydrogen-bond donors (Lipinski definition) is 1. The Morgan fingerprint density at radius 3 is 1.83 bits per heavy atom. The molecule has 1 heterocycles. The van der Waals surface area contributed by atoms with Gasteiger partial charge in [-0.05, 0) is 0 Å². The van der Waals surface area contributed by atoms with E-state index in [1.54, 1.807) is 0 Å². The molecular weight excluding hydrogens is 104 g/mol. The quantitative estimate of drug-likeness (QED) is 0.391. The third kappa shape index (κ3) is 0.405. The van der Waals surface area contributed by atoms with E-state index in [1.165, 1.54) is 7.05 Å². The minimum atomic E-state index is -2.91. The normalized spacial score (nSPS) is 39.2. The largest absolute Gasteiger partial charge is 0.306 e. The van der Waals surface area contributed by atoms with E-state index in [4.69, 9.17) is 0 Å². The Balaban J connectivity index is 2.92. The Bertz CT molecular complexity index is 147. The smallest absolute Gasteiger partial charge is 0.192 e. The molecule has 6 heavy (non-hydrogen) atoms. The van der Waals surface area contributed by atoms with Crippen LogP contribution in [0.15, 0.2) is 0 Å². The topological polar surface area (TPSA) is 59.1 Å². The molecule has 0 amide bonds. The molecule has 4 nitrogen and oxygen atoms in total. The predicted octanol–water partition coefficient (Wildman–Crippen LogP) is -1.32. The average Bonchev–Trinajstić information content (AvgIpc) is 1.73. The summed E-state index contributed by atoms with van der Waals surface area (Å²) in [5.41, 5.74) is 0. The molecule has 0 radical (unpaired) electrons. The van der Waals surface area contributed by atoms with Gasteiger partial charge in [0, 0.05) is 7.05 Å². The Hall–Kier alpha value is -0.130. The highest BCUT2D eigenvalue weighted by molar-refractivity contribution is 7.92. The molecule has 0 spiro atoms. The van der Waals surface area contributed by atoms with Gasteiger partial charge in [0.25, 0.3) is 0 Å². The maximum atomic E-state index is 9.89. The molecule has 36 valence electrons. The van der Waals surface area contributed by atoms with Crippen molar-refractivity contribution in [2.75, 3.05) is 7.05 Å². The molecule has 0 aromatic carbocycles. The van der Waals surface area contributed by atoms with Gasteiger partial charge in [-0.1, -0.05) is 0 Å². The number of rotatable bonds is 0. The lowest BCUT2D eigenvalue weighted by Gasteiger charge is -1.60. The van der Waals surface area contributed by atoms with Gasteiger partial charge in [-0.25, -0.2) is 0 Å². The van der Waals surface area contributed by atoms with Crippen molar-refractivity contribution in [1.82, 2.24) is 9.25 Å². The fraction of sp³-hybridized carbons (Fsp3) is 1.00. The van der Waals surface area contributed by atoms with Crippen molar-refractivity contribution in [2.24, 2.45) is 0 Å². The third-order valence-corrected chi connectivity index (χ3v) is 1.72. The zero-order valence-corrected chi connectivity index (χ0v) is 3.99. The number of hydrogen-bond acceptors (Lipinski definition) is 2. The minimum absolute atomic E-state index is 1.03. The molecule has 1 atom stereocenters. The second kappa shape index (κ2) is 0.749. The summed E-state index contributed by atoms with van der Waals surface area (Å²) in [7, 11) is -1.47. The second-order valence-corrected chi connectivity index (χ2v) is 2.74. The zero-order chi connectivity index (χ0) is 4.78. The van der Waals surface area contributed by atoms with Crippen molar-refractivity contribution in [2.45, 2.75) is 0 Å². The highest BCUT2D eigenvalue weighted by Gasteiger charge is 2.34. The fourth-order valence-electron chi connectivity index (χ4n) is 0.146. The van der Waals surface area contributed by atoms with Crippen LogP contribution < -0.4 is 4.83 Å². The Labute approximate surface area is 35.9 Å². The molecule has 1 aliphatic rings. The monoisotopic (exact) mass is 108 g/mol. The minimum Gasteiger partial charge on any atom is -0.192 e. The van der Waals surface area contributed by atoms with Crippen LogP contribution in [0.25, 0.3) is 0 Å². The van der Waals surface area contributed by atoms with E-state index >= 15 is 0 Å². The number of hydrazine groups is 1. The average molecular weight is 108 g/mol. The summed E-state index contributed by atoms with van der Waals surface area (Å²) in [6.45, 7) is 0. The first-order valence-electron chi connectivity index (χ1n) is 1.39. The van der Waals surface area contributed by atoms with E-state index in [2.05, 4.69) is 4.83 Å². The maximum Gasteiger partial charge on any atom is 0.306 e. The molecule has 0 aromatic heterocycles. The molecule has 0 bridgehead atoms. The van der Waals surface area contributed by atoms with Crippen LogP contribution in [-0.4, -0.2) is 19.9 Å². The first-order valence-corrected chi connectivity index (χ1v) is 2.83. The van der Waals surface area contributed by atoms with Crippen LogP contribution in [0.4, 0.5) is 0 Å². The molecule has 1 N–H and O–H groups in total. The van der Waals surface area contributed by atoms with Crippen molar-refractivity contribution in [3.05, 3.63) is 0 Å². The highest BCUT2D eigenvalue weighted by Crippen LogP contribution is 2.02. The summed E-state index contributed by atoms with van der Waals surface area (Å²) in [5.74, 6) is 0. The highest BCUT2D eigenvalue weighted by atomic mass is 32.2. The van der Waals surface area contributed by atoms with E-state index in [9.17, 15) is 8.42 Å². The number of nitrogens with one attached hydrogen (secondary N) is 1. The van der Waals surface area contributed by atoms with Gasteiger partial charge in [-0.2, -0.15) is 8.42 Å². The van der Waals surface area contributed by atoms with Crippen molar-refractivity contribution in [3.8, 4) is 0 Å². The van der Waals surface area contributed by atoms with Crippen molar-refractivity contribution >= 4 is 10.2 Å². The third-order valence-electron chi connectivity index (χ3n) is 0.572. The van der Waals surface area contributed by atoms with Crippen molar-refractivity contribution < 1.29 is 8.42 Å². The van der Waals surface area contributed by atoms with E-state index in [0.29, 0.717) is 0 Å². The van der Waals surface area contributed by atoms with Crippen LogP contribution >= 0.6 is 0 Å². The number of nitrogens with zero attached hydrogens (tertiary/aromatic N) is 1. The molecular formula is CH4N2O2S. The van der Waals surface area contributed by atoms with Gasteiger partial charge in [0.2, 0.25) is 0 Å². The summed E-state index contributed by atoms with van der Waals surface area (Å²) in [6, 6.07) is 0. The van der Waals surface area contributed by atoms with E-state index < -0.39 is 10.2 Å². The second-order valence-electron chi connectivity index (χ2n) is 1.06. The van der Waals surface area contributed by atoms with Gasteiger partial charge in [0.15, 0.2) is 0 Å². The molecule has 0 saturated carbocycles. The molecule has 5 heteroatoms. The van der Waals surface area contributed by atoms with Crippen LogP contribution in [0.2, 0.25) is 0 Å². The first-order chi connectivity index (χ1) is 2.63. The SMILES string of the molecule is CN1NS1(=O)=O. The molecule has 1 rings (SSSR count). The van der Waals surface area contributed by atoms with E-state index in [-0.39, 0.29) is 0 Å². The zero-order valence-electron chi connectivity index (χ0n) is 3.17. The Morgan fingerprint density at radius 2 is 1.83 bits per heavy atom. The summed E-state index contributed by atoms with van der Waals surface area (Å²) in [6.07, 6.45) is 0. The maximum absolute atomic E-state index is 9.89. The lowest BCUT2D eigenvalue weighted by Crippen LogP contribution is -1.85. The van der Waals surface area contributed by atoms with Gasteiger partial charge in [0.05, 0.1) is 0 Å². The van der Waals surface area contributed by atoms with E-state index in [1.807, 2.05) is 0 Å². The van der Waals surface area contributed by atoms with Gasteiger partial charge in [0.1, 0.15) is 0 Å². The standard InChI is InChI=1S/CH4N2O2S/c1-3-2-6(3,4)5/h2H,1H3. The predicted molar refractivity (Wildman–Crippen MR) is 19.8 cm³/mol. The van der Waals surface area contributed by atoms with Gasteiger partial charge in [-0.3, -0.25) is 0 Å².